The molecule has 1 atom stereocenters. The van der Waals surface area contributed by atoms with Crippen LogP contribution in [0.15, 0.2) is 10.2 Å². The van der Waals surface area contributed by atoms with Gasteiger partial charge in [-0.25, -0.2) is 0 Å². The van der Waals surface area contributed by atoms with Crippen LogP contribution >= 0.6 is 0 Å². The van der Waals surface area contributed by atoms with Crippen molar-refractivity contribution >= 4 is 12.4 Å². The molecule has 0 aromatic heterocycles. The lowest BCUT2D eigenvalue weighted by atomic mass is 10.3. The van der Waals surface area contributed by atoms with E-state index in [2.05, 4.69) is 10.2 Å². The first kappa shape index (κ1) is 2.50. The van der Waals surface area contributed by atoms with Crippen molar-refractivity contribution in [2.75, 3.05) is 0 Å². The van der Waals surface area contributed by atoms with Crippen LogP contribution in [0.3, 0.4) is 0 Å². The van der Waals surface area contributed by atoms with E-state index in [0.29, 0.717) is 6.42 Å². The summed E-state index contributed by atoms with van der Waals surface area (Å²) in [5, 5.41) is 7.07. The molecule has 0 N–H and O–H groups in total. The van der Waals surface area contributed by atoms with Crippen LogP contribution in [-0.2, 0) is 0 Å². The summed E-state index contributed by atoms with van der Waals surface area (Å²) in [5.41, 5.74) is 0. The van der Waals surface area contributed by atoms with Gasteiger partial charge in [-0.05, 0) is 12.8 Å². The van der Waals surface area contributed by atoms with E-state index >= 15 is 0 Å². The molecule has 1 aliphatic rings. The molecule has 6 heavy (non-hydrogen) atoms. The summed E-state index contributed by atoms with van der Waals surface area (Å²) < 4.78 is 7.03. The lowest BCUT2D eigenvalue weighted by molar-refractivity contribution is 1.09. The Balaban J connectivity index is 2.49. The molecule has 1 unspecified atom stereocenters. The van der Waals surface area contributed by atoms with Crippen molar-refractivity contribution in [3.8, 4) is 0 Å². The van der Waals surface area contributed by atoms with Gasteiger partial charge >= 0.3 is 0 Å². The van der Waals surface area contributed by atoms with Gasteiger partial charge < -0.3 is 0 Å². The summed E-state index contributed by atoms with van der Waals surface area (Å²) in [6, 6.07) is 0. The monoisotopic (exact) mass is 84.1 g/mol. The zero-order valence-corrected chi connectivity index (χ0v) is 3.33. The number of nitrogens with zero attached hydrogens (tertiary/aromatic N) is 2. The van der Waals surface area contributed by atoms with E-state index in [1.807, 2.05) is 0 Å². The molecule has 1 heterocycles. The zero-order chi connectivity index (χ0) is 5.11. The third-order valence-corrected chi connectivity index (χ3v) is 0.562. The summed E-state index contributed by atoms with van der Waals surface area (Å²) in [5.74, 6) is 0. The summed E-state index contributed by atoms with van der Waals surface area (Å²) >= 11 is 0. The van der Waals surface area contributed by atoms with Crippen LogP contribution in [0.4, 0.5) is 0 Å². The predicted molar refractivity (Wildman–Crippen MR) is 26.2 cm³/mol. The van der Waals surface area contributed by atoms with E-state index in [1.165, 1.54) is 6.21 Å². The van der Waals surface area contributed by atoms with Gasteiger partial charge in [0.1, 0.15) is 0 Å². The Morgan fingerprint density at radius 2 is 2.33 bits per heavy atom. The fraction of sp³-hybridized carbons (Fsp3) is 0.500. The van der Waals surface area contributed by atoms with Gasteiger partial charge in [-0.1, -0.05) is 0 Å². The highest BCUT2D eigenvalue weighted by atomic mass is 15.2. The Hall–Kier alpha value is -0.660. The van der Waals surface area contributed by atoms with Crippen LogP contribution in [0.25, 0.3) is 0 Å². The quantitative estimate of drug-likeness (QED) is 0.415. The molecule has 0 bridgehead atoms. The smallest absolute Gasteiger partial charge is 0.0330 e. The van der Waals surface area contributed by atoms with Gasteiger partial charge in [-0.2, -0.15) is 10.2 Å². The predicted octanol–water partition coefficient (Wildman–Crippen LogP) is 0.837. The highest BCUT2D eigenvalue weighted by Crippen LogP contribution is 1.86. The van der Waals surface area contributed by atoms with E-state index in [-0.39, 0.29) is 6.40 Å². The maximum atomic E-state index is 7.03. The Morgan fingerprint density at radius 3 is 2.67 bits per heavy atom. The normalized spacial score (nSPS) is 33.3. The average Bonchev–Trinajstić information content (AvgIpc) is 1.69. The fourth-order valence-corrected chi connectivity index (χ4v) is 0.302. The van der Waals surface area contributed by atoms with Crippen LogP contribution in [0.1, 0.15) is 14.2 Å². The lowest BCUT2D eigenvalue weighted by Gasteiger charge is -1.86. The van der Waals surface area contributed by atoms with E-state index in [4.69, 9.17) is 1.37 Å². The minimum absolute atomic E-state index is 0.155. The number of hydrogen-bond acceptors (Lipinski definition) is 2. The SMILES string of the molecule is [3H]C1C=NN=CC1. The van der Waals surface area contributed by atoms with Gasteiger partial charge in [0.2, 0.25) is 0 Å². The summed E-state index contributed by atoms with van der Waals surface area (Å²) in [6.07, 6.45) is 3.73. The molecular weight excluding hydrogens is 76.1 g/mol. The molecule has 2 heteroatoms. The van der Waals surface area contributed by atoms with Crippen molar-refractivity contribution < 1.29 is 1.37 Å². The minimum atomic E-state index is -0.155. The highest BCUT2D eigenvalue weighted by Gasteiger charge is 1.80. The molecule has 0 radical (unpaired) electrons. The Bertz CT molecular complexity index is 108. The van der Waals surface area contributed by atoms with Gasteiger partial charge in [-0.15, -0.1) is 0 Å². The van der Waals surface area contributed by atoms with Crippen molar-refractivity contribution in [2.24, 2.45) is 10.2 Å². The van der Waals surface area contributed by atoms with Crippen molar-refractivity contribution in [2.45, 2.75) is 12.8 Å². The van der Waals surface area contributed by atoms with Gasteiger partial charge in [0.05, 0.1) is 0 Å². The molecule has 0 amide bonds. The van der Waals surface area contributed by atoms with Crippen molar-refractivity contribution in [1.29, 1.82) is 0 Å². The zero-order valence-electron chi connectivity index (χ0n) is 4.33. The third-order valence-electron chi connectivity index (χ3n) is 0.562. The summed E-state index contributed by atoms with van der Waals surface area (Å²) in [6.45, 7) is 0. The van der Waals surface area contributed by atoms with Crippen molar-refractivity contribution in [3.63, 3.8) is 0 Å². The second kappa shape index (κ2) is 1.70. The molecule has 0 saturated heterocycles. The Kier molecular flexibility index (Phi) is 0.708. The van der Waals surface area contributed by atoms with E-state index < -0.39 is 0 Å². The summed E-state index contributed by atoms with van der Waals surface area (Å²) in [4.78, 5) is 0. The van der Waals surface area contributed by atoms with E-state index in [0.717, 1.165) is 0 Å². The molecule has 0 aromatic carbocycles. The van der Waals surface area contributed by atoms with E-state index in [9.17, 15) is 0 Å². The number of hydrogen-bond donors (Lipinski definition) is 0. The minimum Gasteiger partial charge on any atom is -0.164 e. The van der Waals surface area contributed by atoms with Crippen LogP contribution in [-0.4, -0.2) is 12.4 Å². The molecule has 1 rings (SSSR count). The first-order chi connectivity index (χ1) is 3.39. The average molecular weight is 84.1 g/mol. The third kappa shape index (κ3) is 0.641. The van der Waals surface area contributed by atoms with Crippen LogP contribution in [0, 0.1) is 0 Å². The molecule has 0 aliphatic carbocycles. The second-order valence-electron chi connectivity index (χ2n) is 1.03. The van der Waals surface area contributed by atoms with E-state index in [1.54, 1.807) is 6.21 Å². The van der Waals surface area contributed by atoms with Crippen LogP contribution in [0.5, 0.6) is 0 Å². The first-order valence-electron chi connectivity index (χ1n) is 2.44. The Morgan fingerprint density at radius 1 is 1.50 bits per heavy atom. The van der Waals surface area contributed by atoms with Crippen molar-refractivity contribution in [3.05, 3.63) is 0 Å². The molecule has 0 fully saturated rings. The van der Waals surface area contributed by atoms with Crippen LogP contribution in [0.2, 0.25) is 0 Å². The first-order valence-corrected chi connectivity index (χ1v) is 1.87. The van der Waals surface area contributed by atoms with Crippen molar-refractivity contribution in [1.82, 2.24) is 0 Å². The maximum Gasteiger partial charge on any atom is 0.0330 e. The molecular formula is C4H6N2. The standard InChI is InChI=1S/C4H6N2/c1-2-4-6-5-3-1/h3-4H,1-2H2/i1T. The molecule has 0 saturated carbocycles. The molecule has 1 aliphatic heterocycles. The summed E-state index contributed by atoms with van der Waals surface area (Å²) in [7, 11) is 0. The van der Waals surface area contributed by atoms with Gasteiger partial charge in [0, 0.05) is 13.8 Å². The molecule has 0 spiro atoms. The number of rotatable bonds is 0. The van der Waals surface area contributed by atoms with Gasteiger partial charge in [-0.3, -0.25) is 0 Å². The topological polar surface area (TPSA) is 24.7 Å². The fourth-order valence-electron chi connectivity index (χ4n) is 0.302. The highest BCUT2D eigenvalue weighted by molar-refractivity contribution is 5.69. The largest absolute Gasteiger partial charge is 0.164 e. The van der Waals surface area contributed by atoms with Gasteiger partial charge in [0.25, 0.3) is 0 Å². The lowest BCUT2D eigenvalue weighted by Crippen LogP contribution is -1.82. The molecule has 2 nitrogen and oxygen atoms in total. The van der Waals surface area contributed by atoms with Gasteiger partial charge in [0.15, 0.2) is 0 Å². The molecule has 0 aromatic rings. The van der Waals surface area contributed by atoms with Crippen LogP contribution < -0.4 is 0 Å². The molecule has 32 valence electrons. The Labute approximate surface area is 38.0 Å². The second-order valence-corrected chi connectivity index (χ2v) is 1.03. The maximum absolute atomic E-state index is 7.03.